The van der Waals surface area contributed by atoms with Crippen molar-refractivity contribution in [3.05, 3.63) is 29.8 Å². The number of hydrogen-bond donors (Lipinski definition) is 2. The topological polar surface area (TPSA) is 55.1 Å². The molecule has 0 aromatic heterocycles. The molecule has 3 nitrogen and oxygen atoms in total. The molecule has 0 spiro atoms. The lowest BCUT2D eigenvalue weighted by molar-refractivity contribution is -0.132. The number of aryl methyl sites for hydroxylation is 1. The van der Waals surface area contributed by atoms with Gasteiger partial charge in [0, 0.05) is 12.2 Å². The zero-order valence-electron chi connectivity index (χ0n) is 10.5. The van der Waals surface area contributed by atoms with E-state index in [1.54, 1.807) is 0 Å². The van der Waals surface area contributed by atoms with E-state index >= 15 is 0 Å². The number of carbonyl (C=O) groups is 1. The van der Waals surface area contributed by atoms with Crippen LogP contribution in [0, 0.1) is 18.3 Å². The quantitative estimate of drug-likeness (QED) is 0.840. The van der Waals surface area contributed by atoms with Crippen LogP contribution in [0.25, 0.3) is 0 Å². The number of carbonyl (C=O) groups excluding carboxylic acids is 1. The van der Waals surface area contributed by atoms with E-state index in [4.69, 9.17) is 5.73 Å². The van der Waals surface area contributed by atoms with E-state index in [1.165, 1.54) is 0 Å². The van der Waals surface area contributed by atoms with Gasteiger partial charge in [0.2, 0.25) is 5.91 Å². The van der Waals surface area contributed by atoms with Crippen molar-refractivity contribution < 1.29 is 4.79 Å². The molecule has 1 amide bonds. The third-order valence-electron chi connectivity index (χ3n) is 3.74. The molecule has 3 heteroatoms. The lowest BCUT2D eigenvalue weighted by Gasteiger charge is -2.44. The first kappa shape index (κ1) is 12.1. The molecule has 0 heterocycles. The maximum absolute atomic E-state index is 12.3. The van der Waals surface area contributed by atoms with Gasteiger partial charge in [0.1, 0.15) is 0 Å². The summed E-state index contributed by atoms with van der Waals surface area (Å²) in [5.74, 6) is 0.688. The zero-order valence-corrected chi connectivity index (χ0v) is 10.5. The molecule has 1 aromatic carbocycles. The number of nitrogens with two attached hydrogens (primary N) is 1. The minimum absolute atomic E-state index is 0.0763. The van der Waals surface area contributed by atoms with Crippen molar-refractivity contribution >= 4 is 11.6 Å². The highest BCUT2D eigenvalue weighted by molar-refractivity contribution is 5.96. The van der Waals surface area contributed by atoms with Crippen molar-refractivity contribution in [1.82, 2.24) is 0 Å². The molecule has 0 bridgehead atoms. The summed E-state index contributed by atoms with van der Waals surface area (Å²) in [5, 5.41) is 3.01. The molecule has 0 radical (unpaired) electrons. The van der Waals surface area contributed by atoms with E-state index in [9.17, 15) is 4.79 Å². The number of nitrogens with one attached hydrogen (secondary N) is 1. The Morgan fingerprint density at radius 1 is 1.47 bits per heavy atom. The third-order valence-corrected chi connectivity index (χ3v) is 3.74. The van der Waals surface area contributed by atoms with Crippen molar-refractivity contribution in [2.45, 2.75) is 26.7 Å². The Morgan fingerprint density at radius 2 is 2.12 bits per heavy atom. The molecule has 0 atom stereocenters. The summed E-state index contributed by atoms with van der Waals surface area (Å²) in [6.07, 6.45) is 1.81. The number of hydrogen-bond acceptors (Lipinski definition) is 2. The molecule has 3 N–H and O–H groups in total. The Morgan fingerprint density at radius 3 is 2.65 bits per heavy atom. The Kier molecular flexibility index (Phi) is 3.20. The smallest absolute Gasteiger partial charge is 0.231 e. The maximum atomic E-state index is 12.3. The largest absolute Gasteiger partial charge is 0.329 e. The Hall–Kier alpha value is -1.35. The van der Waals surface area contributed by atoms with Crippen LogP contribution in [0.3, 0.4) is 0 Å². The average molecular weight is 232 g/mol. The number of benzene rings is 1. The van der Waals surface area contributed by atoms with Crippen LogP contribution in [-0.4, -0.2) is 12.5 Å². The van der Waals surface area contributed by atoms with Crippen molar-refractivity contribution in [1.29, 1.82) is 0 Å². The van der Waals surface area contributed by atoms with Crippen molar-refractivity contribution in [2.75, 3.05) is 11.9 Å². The SMILES string of the molecule is Cc1ccccc1NC(=O)C1(CN)CC(C)C1. The summed E-state index contributed by atoms with van der Waals surface area (Å²) >= 11 is 0. The summed E-state index contributed by atoms with van der Waals surface area (Å²) in [6.45, 7) is 4.60. The minimum Gasteiger partial charge on any atom is -0.329 e. The lowest BCUT2D eigenvalue weighted by atomic mass is 9.62. The van der Waals surface area contributed by atoms with Gasteiger partial charge in [-0.05, 0) is 37.3 Å². The van der Waals surface area contributed by atoms with Gasteiger partial charge in [-0.1, -0.05) is 25.1 Å². The molecule has 92 valence electrons. The molecule has 1 fully saturated rings. The Labute approximate surface area is 102 Å². The van der Waals surface area contributed by atoms with Crippen LogP contribution in [0.4, 0.5) is 5.69 Å². The summed E-state index contributed by atoms with van der Waals surface area (Å²) in [6, 6.07) is 7.82. The van der Waals surface area contributed by atoms with Crippen molar-refractivity contribution in [3.8, 4) is 0 Å². The molecule has 1 aromatic rings. The van der Waals surface area contributed by atoms with Crippen molar-refractivity contribution in [2.24, 2.45) is 17.1 Å². The molecule has 0 unspecified atom stereocenters. The molecule has 17 heavy (non-hydrogen) atoms. The van der Waals surface area contributed by atoms with Gasteiger partial charge in [-0.25, -0.2) is 0 Å². The van der Waals surface area contributed by atoms with Gasteiger partial charge in [-0.3, -0.25) is 4.79 Å². The standard InChI is InChI=1S/C14H20N2O/c1-10-7-14(8-10,9-15)13(17)16-12-6-4-3-5-11(12)2/h3-6,10H,7-9,15H2,1-2H3,(H,16,17). The van der Waals surface area contributed by atoms with Crippen molar-refractivity contribution in [3.63, 3.8) is 0 Å². The normalized spacial score (nSPS) is 27.4. The predicted octanol–water partition coefficient (Wildman–Crippen LogP) is 2.31. The van der Waals surface area contributed by atoms with Crippen LogP contribution in [-0.2, 0) is 4.79 Å². The van der Waals surface area contributed by atoms with Gasteiger partial charge in [0.05, 0.1) is 5.41 Å². The van der Waals surface area contributed by atoms with Crippen LogP contribution in [0.15, 0.2) is 24.3 Å². The fourth-order valence-electron chi connectivity index (χ4n) is 2.69. The van der Waals surface area contributed by atoms with Crippen LogP contribution < -0.4 is 11.1 Å². The molecule has 1 aliphatic carbocycles. The molecular weight excluding hydrogens is 212 g/mol. The summed E-state index contributed by atoms with van der Waals surface area (Å²) < 4.78 is 0. The van der Waals surface area contributed by atoms with E-state index in [0.29, 0.717) is 12.5 Å². The van der Waals surface area contributed by atoms with Gasteiger partial charge < -0.3 is 11.1 Å². The average Bonchev–Trinajstić information content (AvgIpc) is 2.27. The Bertz CT molecular complexity index is 422. The molecule has 0 saturated heterocycles. The second-order valence-corrected chi connectivity index (χ2v) is 5.27. The highest BCUT2D eigenvalue weighted by Crippen LogP contribution is 2.45. The number of rotatable bonds is 3. The number of anilines is 1. The van der Waals surface area contributed by atoms with E-state index < -0.39 is 0 Å². The van der Waals surface area contributed by atoms with Gasteiger partial charge in [-0.2, -0.15) is 0 Å². The first-order valence-corrected chi connectivity index (χ1v) is 6.14. The summed E-state index contributed by atoms with van der Waals surface area (Å²) in [4.78, 5) is 12.3. The van der Waals surface area contributed by atoms with E-state index in [2.05, 4.69) is 12.2 Å². The first-order valence-electron chi connectivity index (χ1n) is 6.14. The first-order chi connectivity index (χ1) is 8.07. The van der Waals surface area contributed by atoms with E-state index in [-0.39, 0.29) is 11.3 Å². The lowest BCUT2D eigenvalue weighted by Crippen LogP contribution is -2.51. The molecular formula is C14H20N2O. The van der Waals surface area contributed by atoms with Crippen LogP contribution in [0.1, 0.15) is 25.3 Å². The third kappa shape index (κ3) is 2.20. The molecule has 1 aliphatic rings. The monoisotopic (exact) mass is 232 g/mol. The highest BCUT2D eigenvalue weighted by Gasteiger charge is 2.47. The maximum Gasteiger partial charge on any atom is 0.231 e. The second kappa shape index (κ2) is 4.49. The van der Waals surface area contributed by atoms with Gasteiger partial charge in [0.25, 0.3) is 0 Å². The second-order valence-electron chi connectivity index (χ2n) is 5.27. The molecule has 0 aliphatic heterocycles. The van der Waals surface area contributed by atoms with Gasteiger partial charge in [0.15, 0.2) is 0 Å². The van der Waals surface area contributed by atoms with Crippen LogP contribution in [0.5, 0.6) is 0 Å². The summed E-state index contributed by atoms with van der Waals surface area (Å²) in [7, 11) is 0. The fourth-order valence-corrected chi connectivity index (χ4v) is 2.69. The zero-order chi connectivity index (χ0) is 12.5. The van der Waals surface area contributed by atoms with Crippen LogP contribution in [0.2, 0.25) is 0 Å². The number of para-hydroxylation sites is 1. The van der Waals surface area contributed by atoms with E-state index in [0.717, 1.165) is 24.1 Å². The van der Waals surface area contributed by atoms with Gasteiger partial charge in [-0.15, -0.1) is 0 Å². The van der Waals surface area contributed by atoms with Gasteiger partial charge >= 0.3 is 0 Å². The minimum atomic E-state index is -0.332. The molecule has 1 saturated carbocycles. The molecule has 2 rings (SSSR count). The van der Waals surface area contributed by atoms with E-state index in [1.807, 2.05) is 31.2 Å². The van der Waals surface area contributed by atoms with Crippen LogP contribution >= 0.6 is 0 Å². The highest BCUT2D eigenvalue weighted by atomic mass is 16.2. The summed E-state index contributed by atoms with van der Waals surface area (Å²) in [5.41, 5.74) is 7.41. The number of amides is 1. The fraction of sp³-hybridized carbons (Fsp3) is 0.500. The predicted molar refractivity (Wildman–Crippen MR) is 69.7 cm³/mol. The Balaban J connectivity index is 2.09.